The van der Waals surface area contributed by atoms with Crippen LogP contribution in [0.5, 0.6) is 0 Å². The van der Waals surface area contributed by atoms with E-state index in [0.29, 0.717) is 12.8 Å². The minimum absolute atomic E-state index is 0.628. The summed E-state index contributed by atoms with van der Waals surface area (Å²) in [5.41, 5.74) is 0. The van der Waals surface area contributed by atoms with Crippen LogP contribution in [0.4, 0.5) is 0 Å². The Labute approximate surface area is 43.0 Å². The molecule has 1 N–H and O–H groups in total. The molecule has 0 fully saturated rings. The summed E-state index contributed by atoms with van der Waals surface area (Å²) in [7, 11) is 0. The van der Waals surface area contributed by atoms with Gasteiger partial charge in [-0.3, -0.25) is 0 Å². The minimum atomic E-state index is 0.628. The number of rotatable bonds is 3. The number of hydrogen-bond donors (Lipinski definition) is 1. The van der Waals surface area contributed by atoms with E-state index in [1.54, 1.807) is 0 Å². The third kappa shape index (κ3) is 4.05. The molecule has 0 unspecified atom stereocenters. The van der Waals surface area contributed by atoms with Crippen molar-refractivity contribution in [2.75, 3.05) is 0 Å². The van der Waals surface area contributed by atoms with Gasteiger partial charge in [0.25, 0.3) is 0 Å². The van der Waals surface area contributed by atoms with Crippen LogP contribution in [0.1, 0.15) is 12.8 Å². The van der Waals surface area contributed by atoms with Crippen LogP contribution < -0.4 is 0 Å². The summed E-state index contributed by atoms with van der Waals surface area (Å²) < 4.78 is 0. The number of unbranched alkanes of at least 4 members (excludes halogenated alkanes) is 1. The summed E-state index contributed by atoms with van der Waals surface area (Å²) >= 11 is 4.34. The van der Waals surface area contributed by atoms with E-state index in [1.165, 1.54) is 0 Å². The Morgan fingerprint density at radius 3 is 2.67 bits per heavy atom. The predicted molar refractivity (Wildman–Crippen MR) is 28.1 cm³/mol. The lowest BCUT2D eigenvalue weighted by Gasteiger charge is -1.79. The molecule has 0 aliphatic rings. The first kappa shape index (κ1) is 6.05. The van der Waals surface area contributed by atoms with Gasteiger partial charge in [-0.1, -0.05) is 12.2 Å². The fraction of sp³-hybridized carbons (Fsp3) is 0.500. The van der Waals surface area contributed by atoms with Gasteiger partial charge in [-0.25, -0.2) is 0 Å². The van der Waals surface area contributed by atoms with Gasteiger partial charge < -0.3 is 5.11 Å². The van der Waals surface area contributed by atoms with Crippen molar-refractivity contribution in [3.63, 3.8) is 0 Å². The molecule has 2 heteroatoms. The van der Waals surface area contributed by atoms with E-state index >= 15 is 0 Å². The molecule has 6 heavy (non-hydrogen) atoms. The van der Waals surface area contributed by atoms with Crippen molar-refractivity contribution in [1.29, 1.82) is 0 Å². The minimum Gasteiger partial charge on any atom is -0.390 e. The Morgan fingerprint density at radius 1 is 1.83 bits per heavy atom. The van der Waals surface area contributed by atoms with Gasteiger partial charge in [-0.15, -0.1) is 0 Å². The molecule has 0 heterocycles. The van der Waals surface area contributed by atoms with Gasteiger partial charge in [-0.2, -0.15) is 0 Å². The van der Waals surface area contributed by atoms with Gasteiger partial charge in [0.1, 0.15) is 0 Å². The first-order chi connectivity index (χ1) is 2.91. The molecule has 34 valence electrons. The van der Waals surface area contributed by atoms with Gasteiger partial charge in [0.2, 0.25) is 0 Å². The quantitative estimate of drug-likeness (QED) is 0.426. The van der Waals surface area contributed by atoms with Gasteiger partial charge in [-0.05, 0) is 12.8 Å². The summed E-state index contributed by atoms with van der Waals surface area (Å²) in [6.45, 7) is 1.08. The molecular weight excluding hydrogens is 96.1 g/mol. The molecule has 0 amide bonds. The van der Waals surface area contributed by atoms with Gasteiger partial charge >= 0.3 is 0 Å². The molecule has 2 radical (unpaired) electrons. The van der Waals surface area contributed by atoms with Crippen molar-refractivity contribution in [2.45, 2.75) is 12.8 Å². The molecule has 0 saturated heterocycles. The molecule has 0 aromatic rings. The van der Waals surface area contributed by atoms with Crippen molar-refractivity contribution >= 4 is 17.6 Å². The van der Waals surface area contributed by atoms with Crippen molar-refractivity contribution in [3.8, 4) is 0 Å². The normalized spacial score (nSPS) is 8.17. The summed E-state index contributed by atoms with van der Waals surface area (Å²) in [4.78, 5) is 0. The molecule has 0 aromatic carbocycles. The number of hydrogen-bond acceptors (Lipinski definition) is 2. The smallest absolute Gasteiger partial charge is 0.0802 e. The second-order valence-electron chi connectivity index (χ2n) is 0.866. The second kappa shape index (κ2) is 5.05. The molecule has 0 aliphatic carbocycles. The van der Waals surface area contributed by atoms with Crippen molar-refractivity contribution in [1.82, 2.24) is 0 Å². The highest BCUT2D eigenvalue weighted by Crippen LogP contribution is 1.84. The second-order valence-corrected chi connectivity index (χ2v) is 1.15. The maximum absolute atomic E-state index is 7.99. The lowest BCUT2D eigenvalue weighted by atomic mass is 10.4. The Balaban J connectivity index is 2.49. The fourth-order valence-electron chi connectivity index (χ4n) is 0.123. The number of aliphatic hydroxyl groups is 1. The van der Waals surface area contributed by atoms with Crippen molar-refractivity contribution in [3.05, 3.63) is 6.61 Å². The van der Waals surface area contributed by atoms with Gasteiger partial charge in [0, 0.05) is 5.37 Å². The first-order valence-corrected chi connectivity index (χ1v) is 2.13. The van der Waals surface area contributed by atoms with E-state index in [-0.39, 0.29) is 0 Å². The highest BCUT2D eigenvalue weighted by Gasteiger charge is 1.75. The molecule has 1 nitrogen and oxygen atoms in total. The average Bonchev–Trinajstić information content (AvgIpc) is 1.61. The van der Waals surface area contributed by atoms with Crippen molar-refractivity contribution in [2.24, 2.45) is 0 Å². The lowest BCUT2D eigenvalue weighted by molar-refractivity contribution is 0.378. The van der Waals surface area contributed by atoms with E-state index in [0.717, 1.165) is 6.61 Å². The van der Waals surface area contributed by atoms with Crippen LogP contribution in [0.2, 0.25) is 0 Å². The monoisotopic (exact) mass is 102 g/mol. The summed E-state index contributed by atoms with van der Waals surface area (Å²) in [5.74, 6) is 0. The Kier molecular flexibility index (Phi) is 5.09. The van der Waals surface area contributed by atoms with E-state index in [1.807, 2.05) is 0 Å². The Hall–Kier alpha value is 0.0500. The molecule has 0 aromatic heterocycles. The standard InChI is InChI=1S/C4H6OS/c5-3-1-2-4-6/h3,5H,1-2H2. The zero-order valence-electron chi connectivity index (χ0n) is 3.35. The van der Waals surface area contributed by atoms with Crippen LogP contribution in [-0.2, 0) is 0 Å². The fourth-order valence-corrected chi connectivity index (χ4v) is 0.241. The lowest BCUT2D eigenvalue weighted by Crippen LogP contribution is -1.72. The number of thiocarbonyl (C=S) groups is 1. The van der Waals surface area contributed by atoms with Crippen LogP contribution in [0, 0.1) is 6.61 Å². The van der Waals surface area contributed by atoms with E-state index in [9.17, 15) is 0 Å². The largest absolute Gasteiger partial charge is 0.390 e. The molecule has 0 aliphatic heterocycles. The van der Waals surface area contributed by atoms with Crippen LogP contribution in [0.3, 0.4) is 0 Å². The number of aliphatic hydroxyl groups excluding tert-OH is 1. The topological polar surface area (TPSA) is 20.2 Å². The van der Waals surface area contributed by atoms with Crippen LogP contribution in [0.25, 0.3) is 0 Å². The third-order valence-corrected chi connectivity index (χ3v) is 0.580. The van der Waals surface area contributed by atoms with Gasteiger partial charge in [0.15, 0.2) is 0 Å². The van der Waals surface area contributed by atoms with E-state index in [2.05, 4.69) is 17.6 Å². The predicted octanol–water partition coefficient (Wildman–Crippen LogP) is 1.18. The zero-order chi connectivity index (χ0) is 4.83. The SMILES string of the molecule is O[CH]CC[C]=S. The molecule has 0 rings (SSSR count). The maximum Gasteiger partial charge on any atom is 0.0802 e. The summed E-state index contributed by atoms with van der Waals surface area (Å²) in [6.07, 6.45) is 1.30. The molecular formula is C4H6OS. The van der Waals surface area contributed by atoms with Crippen LogP contribution in [-0.4, -0.2) is 10.5 Å². The Morgan fingerprint density at radius 2 is 2.50 bits per heavy atom. The average molecular weight is 102 g/mol. The summed E-state index contributed by atoms with van der Waals surface area (Å²) in [5, 5.41) is 10.4. The molecule has 0 spiro atoms. The summed E-state index contributed by atoms with van der Waals surface area (Å²) in [6, 6.07) is 0. The molecule has 0 atom stereocenters. The Bertz CT molecular complexity index is 36.5. The molecule has 0 saturated carbocycles. The molecule has 0 bridgehead atoms. The van der Waals surface area contributed by atoms with E-state index < -0.39 is 0 Å². The van der Waals surface area contributed by atoms with Crippen LogP contribution in [0.15, 0.2) is 0 Å². The highest BCUT2D eigenvalue weighted by molar-refractivity contribution is 7.78. The third-order valence-electron chi connectivity index (χ3n) is 0.375. The van der Waals surface area contributed by atoms with Gasteiger partial charge in [0.05, 0.1) is 6.61 Å². The maximum atomic E-state index is 7.99. The van der Waals surface area contributed by atoms with E-state index in [4.69, 9.17) is 5.11 Å². The van der Waals surface area contributed by atoms with Crippen molar-refractivity contribution < 1.29 is 5.11 Å². The first-order valence-electron chi connectivity index (χ1n) is 1.72. The zero-order valence-corrected chi connectivity index (χ0v) is 4.16. The van der Waals surface area contributed by atoms with Crippen LogP contribution >= 0.6 is 12.2 Å². The highest BCUT2D eigenvalue weighted by atomic mass is 32.1.